The summed E-state index contributed by atoms with van der Waals surface area (Å²) in [4.78, 5) is 20.8. The number of aromatic nitrogens is 3. The van der Waals surface area contributed by atoms with Gasteiger partial charge in [-0.1, -0.05) is 6.07 Å². The number of pyridine rings is 1. The molecule has 0 bridgehead atoms. The van der Waals surface area contributed by atoms with Crippen molar-refractivity contribution in [2.24, 2.45) is 0 Å². The number of carbonyl (C=O) groups is 1. The molecule has 140 valence electrons. The van der Waals surface area contributed by atoms with Crippen LogP contribution in [0.25, 0.3) is 11.0 Å². The summed E-state index contributed by atoms with van der Waals surface area (Å²) in [6, 6.07) is 9.62. The van der Waals surface area contributed by atoms with E-state index in [0.717, 1.165) is 29.1 Å². The fraction of sp³-hybridized carbons (Fsp3) is 0.350. The van der Waals surface area contributed by atoms with Crippen molar-refractivity contribution in [2.75, 3.05) is 20.3 Å². The van der Waals surface area contributed by atoms with Gasteiger partial charge < -0.3 is 19.4 Å². The van der Waals surface area contributed by atoms with Crippen LogP contribution in [0.3, 0.4) is 0 Å². The quantitative estimate of drug-likeness (QED) is 0.699. The number of nitrogens with zero attached hydrogens (tertiary/aromatic N) is 3. The third kappa shape index (κ3) is 3.43. The molecule has 0 saturated heterocycles. The van der Waals surface area contributed by atoms with Crippen molar-refractivity contribution in [1.29, 1.82) is 0 Å². The number of aryl methyl sites for hydroxylation is 1. The Labute approximate surface area is 157 Å². The first-order chi connectivity index (χ1) is 13.2. The largest absolute Gasteiger partial charge is 0.465 e. The van der Waals surface area contributed by atoms with E-state index in [1.807, 2.05) is 18.3 Å². The molecule has 2 aromatic heterocycles. The van der Waals surface area contributed by atoms with E-state index in [-0.39, 0.29) is 12.0 Å². The van der Waals surface area contributed by atoms with Crippen LogP contribution < -0.4 is 5.32 Å². The summed E-state index contributed by atoms with van der Waals surface area (Å²) in [7, 11) is 1.38. The lowest BCUT2D eigenvalue weighted by Gasteiger charge is -2.26. The number of fused-ring (bicyclic) bond motifs is 3. The summed E-state index contributed by atoms with van der Waals surface area (Å²) >= 11 is 0. The second kappa shape index (κ2) is 7.46. The predicted octanol–water partition coefficient (Wildman–Crippen LogP) is 2.39. The Bertz CT molecular complexity index is 983. The van der Waals surface area contributed by atoms with E-state index in [1.54, 1.807) is 12.1 Å². The van der Waals surface area contributed by atoms with Crippen molar-refractivity contribution < 1.29 is 14.3 Å². The third-order valence-electron chi connectivity index (χ3n) is 4.88. The average molecular weight is 366 g/mol. The molecule has 0 aliphatic carbocycles. The van der Waals surface area contributed by atoms with E-state index < -0.39 is 0 Å². The van der Waals surface area contributed by atoms with Crippen molar-refractivity contribution in [2.45, 2.75) is 26.1 Å². The summed E-state index contributed by atoms with van der Waals surface area (Å²) in [5.41, 5.74) is 4.51. The summed E-state index contributed by atoms with van der Waals surface area (Å²) in [5, 5.41) is 3.48. The van der Waals surface area contributed by atoms with Crippen LogP contribution >= 0.6 is 0 Å². The molecule has 7 heteroatoms. The van der Waals surface area contributed by atoms with Crippen LogP contribution in [0.1, 0.15) is 33.5 Å². The molecule has 1 aromatic carbocycles. The zero-order valence-corrected chi connectivity index (χ0v) is 15.4. The first kappa shape index (κ1) is 17.6. The molecule has 27 heavy (non-hydrogen) atoms. The van der Waals surface area contributed by atoms with Crippen LogP contribution in [0.5, 0.6) is 0 Å². The molecule has 0 amide bonds. The second-order valence-electron chi connectivity index (χ2n) is 6.66. The Hall–Kier alpha value is -2.77. The molecule has 0 unspecified atom stereocenters. The normalized spacial score (nSPS) is 16.3. The highest BCUT2D eigenvalue weighted by atomic mass is 16.5. The number of rotatable bonds is 5. The van der Waals surface area contributed by atoms with E-state index in [1.165, 1.54) is 12.7 Å². The van der Waals surface area contributed by atoms with Gasteiger partial charge in [0.25, 0.3) is 0 Å². The molecule has 0 spiro atoms. The van der Waals surface area contributed by atoms with E-state index in [9.17, 15) is 4.79 Å². The summed E-state index contributed by atoms with van der Waals surface area (Å²) in [5.74, 6) is 0.516. The SMILES string of the molecule is COC(=O)c1ccc2c(c1)nc1n2[C@@H](CNCc2ncccc2C)COC1. The maximum absolute atomic E-state index is 11.8. The molecule has 0 saturated carbocycles. The molecule has 1 aliphatic heterocycles. The minimum atomic E-state index is -0.358. The van der Waals surface area contributed by atoms with E-state index >= 15 is 0 Å². The molecule has 1 atom stereocenters. The monoisotopic (exact) mass is 366 g/mol. The van der Waals surface area contributed by atoms with Crippen LogP contribution in [0, 0.1) is 6.92 Å². The minimum absolute atomic E-state index is 0.131. The Kier molecular flexibility index (Phi) is 4.87. The van der Waals surface area contributed by atoms with Crippen molar-refractivity contribution in [3.8, 4) is 0 Å². The number of hydrogen-bond acceptors (Lipinski definition) is 6. The molecule has 7 nitrogen and oxygen atoms in total. The summed E-state index contributed by atoms with van der Waals surface area (Å²) in [6.07, 6.45) is 1.81. The molecule has 1 N–H and O–H groups in total. The predicted molar refractivity (Wildman–Crippen MR) is 100 cm³/mol. The summed E-state index contributed by atoms with van der Waals surface area (Å²) in [6.45, 7) is 4.60. The van der Waals surface area contributed by atoms with Crippen molar-refractivity contribution in [1.82, 2.24) is 19.9 Å². The topological polar surface area (TPSA) is 78.3 Å². The lowest BCUT2D eigenvalue weighted by molar-refractivity contribution is 0.0563. The molecule has 4 rings (SSSR count). The molecule has 0 fully saturated rings. The number of benzene rings is 1. The van der Waals surface area contributed by atoms with E-state index in [4.69, 9.17) is 9.47 Å². The maximum Gasteiger partial charge on any atom is 0.337 e. The number of hydrogen-bond donors (Lipinski definition) is 1. The van der Waals surface area contributed by atoms with Gasteiger partial charge in [-0.2, -0.15) is 0 Å². The molecule has 0 radical (unpaired) electrons. The van der Waals surface area contributed by atoms with Gasteiger partial charge in [0.1, 0.15) is 12.4 Å². The number of methoxy groups -OCH3 is 1. The van der Waals surface area contributed by atoms with Crippen LogP contribution in [-0.2, 0) is 22.6 Å². The van der Waals surface area contributed by atoms with E-state index in [2.05, 4.69) is 32.8 Å². The van der Waals surface area contributed by atoms with Gasteiger partial charge in [-0.05, 0) is 36.8 Å². The standard InChI is InChI=1S/C20H22N4O3/c1-13-4-3-7-22-17(13)10-21-9-15-11-27-12-19-23-16-8-14(20(25)26-2)5-6-18(16)24(15)19/h3-8,15,21H,9-12H2,1-2H3/t15-/m0/s1. The molecule has 3 aromatic rings. The lowest BCUT2D eigenvalue weighted by Crippen LogP contribution is -2.32. The first-order valence-electron chi connectivity index (χ1n) is 8.95. The number of ether oxygens (including phenoxy) is 2. The van der Waals surface area contributed by atoms with Gasteiger partial charge >= 0.3 is 5.97 Å². The van der Waals surface area contributed by atoms with Gasteiger partial charge in [0.15, 0.2) is 0 Å². The highest BCUT2D eigenvalue weighted by Gasteiger charge is 2.24. The minimum Gasteiger partial charge on any atom is -0.465 e. The fourth-order valence-electron chi connectivity index (χ4n) is 3.47. The molecule has 3 heterocycles. The first-order valence-corrected chi connectivity index (χ1v) is 8.95. The number of carbonyl (C=O) groups excluding carboxylic acids is 1. The van der Waals surface area contributed by atoms with Crippen LogP contribution in [0.15, 0.2) is 36.5 Å². The highest BCUT2D eigenvalue weighted by Crippen LogP contribution is 2.26. The Balaban J connectivity index is 1.55. The average Bonchev–Trinajstić information content (AvgIpc) is 3.07. The Morgan fingerprint density at radius 2 is 2.30 bits per heavy atom. The van der Waals surface area contributed by atoms with Gasteiger partial charge in [0, 0.05) is 19.3 Å². The fourth-order valence-corrected chi connectivity index (χ4v) is 3.47. The Morgan fingerprint density at radius 3 is 3.11 bits per heavy atom. The molecule has 1 aliphatic rings. The zero-order valence-electron chi connectivity index (χ0n) is 15.4. The molecular weight excluding hydrogens is 344 g/mol. The van der Waals surface area contributed by atoms with Gasteiger partial charge in [0.2, 0.25) is 0 Å². The Morgan fingerprint density at radius 1 is 1.41 bits per heavy atom. The van der Waals surface area contributed by atoms with Crippen molar-refractivity contribution in [3.63, 3.8) is 0 Å². The van der Waals surface area contributed by atoms with Gasteiger partial charge in [-0.3, -0.25) is 4.98 Å². The van der Waals surface area contributed by atoms with Crippen LogP contribution in [0.4, 0.5) is 0 Å². The lowest BCUT2D eigenvalue weighted by atomic mass is 10.2. The smallest absolute Gasteiger partial charge is 0.337 e. The number of esters is 1. The third-order valence-corrected chi connectivity index (χ3v) is 4.88. The molecular formula is C20H22N4O3. The van der Waals surface area contributed by atoms with Crippen molar-refractivity contribution >= 4 is 17.0 Å². The van der Waals surface area contributed by atoms with Crippen LogP contribution in [0.2, 0.25) is 0 Å². The van der Waals surface area contributed by atoms with E-state index in [0.29, 0.717) is 25.3 Å². The van der Waals surface area contributed by atoms with Gasteiger partial charge in [-0.15, -0.1) is 0 Å². The van der Waals surface area contributed by atoms with Crippen molar-refractivity contribution in [3.05, 3.63) is 59.2 Å². The van der Waals surface area contributed by atoms with Gasteiger partial charge in [-0.25, -0.2) is 9.78 Å². The maximum atomic E-state index is 11.8. The van der Waals surface area contributed by atoms with Crippen LogP contribution in [-0.4, -0.2) is 40.8 Å². The number of imidazole rings is 1. The van der Waals surface area contributed by atoms with Gasteiger partial charge in [0.05, 0.1) is 42.0 Å². The second-order valence-corrected chi connectivity index (χ2v) is 6.66. The summed E-state index contributed by atoms with van der Waals surface area (Å²) < 4.78 is 12.7. The number of nitrogens with one attached hydrogen (secondary N) is 1. The highest BCUT2D eigenvalue weighted by molar-refractivity contribution is 5.93. The zero-order chi connectivity index (χ0) is 18.8.